The zero-order chi connectivity index (χ0) is 11.9. The first-order chi connectivity index (χ1) is 8.93. The lowest BCUT2D eigenvalue weighted by Crippen LogP contribution is -1.93. The van der Waals surface area contributed by atoms with Crippen LogP contribution in [0, 0.1) is 0 Å². The van der Waals surface area contributed by atoms with Crippen LogP contribution in [0.3, 0.4) is 0 Å². The van der Waals surface area contributed by atoms with Crippen LogP contribution in [0.25, 0.3) is 27.6 Å². The lowest BCUT2D eigenvalue weighted by Gasteiger charge is -2.01. The summed E-state index contributed by atoms with van der Waals surface area (Å²) in [4.78, 5) is 4.08. The fourth-order valence-electron chi connectivity index (χ4n) is 2.23. The Bertz CT molecular complexity index is 831. The molecule has 4 nitrogen and oxygen atoms in total. The normalized spacial score (nSPS) is 11.3. The first kappa shape index (κ1) is 9.41. The van der Waals surface area contributed by atoms with E-state index in [9.17, 15) is 0 Å². The molecule has 18 heavy (non-hydrogen) atoms. The van der Waals surface area contributed by atoms with Crippen LogP contribution in [-0.2, 0) is 0 Å². The highest BCUT2D eigenvalue weighted by molar-refractivity contribution is 6.06. The predicted octanol–water partition coefficient (Wildman–Crippen LogP) is 3.17. The first-order valence-corrected chi connectivity index (χ1v) is 5.69. The number of nitrogens with zero attached hydrogens (tertiary/aromatic N) is 3. The quantitative estimate of drug-likeness (QED) is 0.509. The molecule has 0 atom stereocenters. The summed E-state index contributed by atoms with van der Waals surface area (Å²) in [5.74, 6) is 0. The Labute approximate surface area is 102 Å². The number of hydrogen-bond acceptors (Lipinski definition) is 3. The van der Waals surface area contributed by atoms with Gasteiger partial charge in [0.25, 0.3) is 0 Å². The predicted molar refractivity (Wildman–Crippen MR) is 68.6 cm³/mol. The largest absolute Gasteiger partial charge is 0.452 e. The Balaban J connectivity index is 2.17. The second kappa shape index (κ2) is 3.43. The summed E-state index contributed by atoms with van der Waals surface area (Å²) < 4.78 is 7.69. The van der Waals surface area contributed by atoms with Crippen LogP contribution in [0.5, 0.6) is 0 Å². The van der Waals surface area contributed by atoms with E-state index in [0.717, 1.165) is 27.6 Å². The third-order valence-corrected chi connectivity index (χ3v) is 3.03. The van der Waals surface area contributed by atoms with Crippen molar-refractivity contribution in [2.24, 2.45) is 0 Å². The van der Waals surface area contributed by atoms with Crippen molar-refractivity contribution < 1.29 is 4.42 Å². The number of pyridine rings is 1. The molecule has 0 saturated heterocycles. The molecule has 3 heterocycles. The van der Waals surface area contributed by atoms with Gasteiger partial charge in [0.1, 0.15) is 5.69 Å². The topological polar surface area (TPSA) is 43.9 Å². The van der Waals surface area contributed by atoms with Crippen molar-refractivity contribution in [3.63, 3.8) is 0 Å². The van der Waals surface area contributed by atoms with E-state index in [-0.39, 0.29) is 0 Å². The molecule has 0 aliphatic carbocycles. The summed E-state index contributed by atoms with van der Waals surface area (Å²) in [5.41, 5.74) is 2.57. The highest BCUT2D eigenvalue weighted by Crippen LogP contribution is 2.31. The van der Waals surface area contributed by atoms with Crippen LogP contribution < -0.4 is 0 Å². The first-order valence-electron chi connectivity index (χ1n) is 5.69. The molecule has 0 spiro atoms. The Morgan fingerprint density at radius 3 is 2.89 bits per heavy atom. The van der Waals surface area contributed by atoms with Crippen LogP contribution in [0.2, 0.25) is 0 Å². The molecule has 0 N–H and O–H groups in total. The second-order valence-corrected chi connectivity index (χ2v) is 4.08. The minimum atomic E-state index is 0.798. The summed E-state index contributed by atoms with van der Waals surface area (Å²) in [7, 11) is 0. The van der Waals surface area contributed by atoms with Gasteiger partial charge in [0.05, 0.1) is 6.20 Å². The van der Waals surface area contributed by atoms with Gasteiger partial charge in [0, 0.05) is 29.4 Å². The van der Waals surface area contributed by atoms with E-state index in [1.807, 2.05) is 36.5 Å². The number of aromatic nitrogens is 3. The molecular weight excluding hydrogens is 226 g/mol. The minimum absolute atomic E-state index is 0.798. The van der Waals surface area contributed by atoms with E-state index in [1.165, 1.54) is 0 Å². The third-order valence-electron chi connectivity index (χ3n) is 3.03. The zero-order valence-corrected chi connectivity index (χ0v) is 9.45. The van der Waals surface area contributed by atoms with E-state index in [2.05, 4.69) is 10.1 Å². The van der Waals surface area contributed by atoms with E-state index in [4.69, 9.17) is 4.42 Å². The van der Waals surface area contributed by atoms with E-state index < -0.39 is 0 Å². The zero-order valence-electron chi connectivity index (χ0n) is 9.45. The van der Waals surface area contributed by atoms with E-state index >= 15 is 0 Å². The van der Waals surface area contributed by atoms with Gasteiger partial charge in [0.15, 0.2) is 11.2 Å². The highest BCUT2D eigenvalue weighted by atomic mass is 16.3. The molecule has 4 aromatic rings. The fraction of sp³-hybridized carbons (Fsp3) is 0. The van der Waals surface area contributed by atoms with Gasteiger partial charge in [-0.1, -0.05) is 12.1 Å². The van der Waals surface area contributed by atoms with Crippen molar-refractivity contribution >= 4 is 21.9 Å². The lowest BCUT2D eigenvalue weighted by molar-refractivity contribution is 0.660. The number of hydrogen-bond donors (Lipinski definition) is 0. The molecule has 0 aliphatic rings. The lowest BCUT2D eigenvalue weighted by atomic mass is 10.2. The van der Waals surface area contributed by atoms with Crippen LogP contribution in [-0.4, -0.2) is 14.8 Å². The Kier molecular flexibility index (Phi) is 1.80. The standard InChI is InChI=1S/C14H9N3O/c1-3-11-10-5-7-15-9-13(10)18-14(11)12(4-1)17-8-2-6-16-17/h1-9H. The number of benzene rings is 1. The molecule has 4 rings (SSSR count). The van der Waals surface area contributed by atoms with Gasteiger partial charge < -0.3 is 4.42 Å². The summed E-state index contributed by atoms with van der Waals surface area (Å²) in [6.45, 7) is 0. The van der Waals surface area contributed by atoms with Crippen molar-refractivity contribution in [2.75, 3.05) is 0 Å². The van der Waals surface area contributed by atoms with Crippen molar-refractivity contribution in [1.82, 2.24) is 14.8 Å². The molecule has 0 unspecified atom stereocenters. The number of rotatable bonds is 1. The molecule has 0 bridgehead atoms. The van der Waals surface area contributed by atoms with Gasteiger partial charge in [-0.2, -0.15) is 5.10 Å². The maximum absolute atomic E-state index is 5.88. The van der Waals surface area contributed by atoms with E-state index in [0.29, 0.717) is 0 Å². The van der Waals surface area contributed by atoms with Crippen LogP contribution in [0.1, 0.15) is 0 Å². The number of para-hydroxylation sites is 1. The van der Waals surface area contributed by atoms with Crippen LogP contribution in [0.4, 0.5) is 0 Å². The molecular formula is C14H9N3O. The molecule has 4 heteroatoms. The van der Waals surface area contributed by atoms with Crippen molar-refractivity contribution in [2.45, 2.75) is 0 Å². The summed E-state index contributed by atoms with van der Waals surface area (Å²) >= 11 is 0. The van der Waals surface area contributed by atoms with Gasteiger partial charge in [-0.05, 0) is 18.2 Å². The summed E-state index contributed by atoms with van der Waals surface area (Å²) in [6.07, 6.45) is 7.17. The number of fused-ring (bicyclic) bond motifs is 3. The summed E-state index contributed by atoms with van der Waals surface area (Å²) in [5, 5.41) is 6.41. The molecule has 1 aromatic carbocycles. The molecule has 0 radical (unpaired) electrons. The maximum Gasteiger partial charge on any atom is 0.161 e. The second-order valence-electron chi connectivity index (χ2n) is 4.08. The molecule has 0 saturated carbocycles. The van der Waals surface area contributed by atoms with Crippen molar-refractivity contribution in [3.05, 3.63) is 55.1 Å². The Morgan fingerprint density at radius 2 is 2.00 bits per heavy atom. The average molecular weight is 235 g/mol. The van der Waals surface area contributed by atoms with Gasteiger partial charge >= 0.3 is 0 Å². The SMILES string of the molecule is c1cc(-n2cccn2)c2oc3cnccc3c2c1. The Hall–Kier alpha value is -2.62. The summed E-state index contributed by atoms with van der Waals surface area (Å²) in [6, 6.07) is 9.91. The molecule has 86 valence electrons. The monoisotopic (exact) mass is 235 g/mol. The molecule has 0 aliphatic heterocycles. The smallest absolute Gasteiger partial charge is 0.161 e. The van der Waals surface area contributed by atoms with Crippen molar-refractivity contribution in [1.29, 1.82) is 0 Å². The molecule has 0 fully saturated rings. The Morgan fingerprint density at radius 1 is 1.00 bits per heavy atom. The highest BCUT2D eigenvalue weighted by Gasteiger charge is 2.11. The average Bonchev–Trinajstić information content (AvgIpc) is 3.05. The van der Waals surface area contributed by atoms with Gasteiger partial charge in [-0.15, -0.1) is 0 Å². The minimum Gasteiger partial charge on any atom is -0.452 e. The molecule has 0 amide bonds. The van der Waals surface area contributed by atoms with Gasteiger partial charge in [-0.25, -0.2) is 4.68 Å². The van der Waals surface area contributed by atoms with Gasteiger partial charge in [-0.3, -0.25) is 4.98 Å². The number of furan rings is 1. The van der Waals surface area contributed by atoms with Gasteiger partial charge in [0.2, 0.25) is 0 Å². The van der Waals surface area contributed by atoms with E-state index in [1.54, 1.807) is 23.3 Å². The van der Waals surface area contributed by atoms with Crippen LogP contribution >= 0.6 is 0 Å². The third kappa shape index (κ3) is 1.20. The van der Waals surface area contributed by atoms with Crippen molar-refractivity contribution in [3.8, 4) is 5.69 Å². The van der Waals surface area contributed by atoms with Crippen LogP contribution in [0.15, 0.2) is 59.5 Å². The maximum atomic E-state index is 5.88. The fourth-order valence-corrected chi connectivity index (χ4v) is 2.23. The molecule has 3 aromatic heterocycles.